The van der Waals surface area contributed by atoms with Gasteiger partial charge in [0.05, 0.1) is 6.10 Å². The molecule has 4 N–H and O–H groups in total. The number of ether oxygens (including phenoxy) is 1. The molecule has 0 saturated carbocycles. The summed E-state index contributed by atoms with van der Waals surface area (Å²) in [6, 6.07) is 6.76. The summed E-state index contributed by atoms with van der Waals surface area (Å²) >= 11 is 0. The van der Waals surface area contributed by atoms with E-state index < -0.39 is 0 Å². The Morgan fingerprint density at radius 1 is 1.40 bits per heavy atom. The number of carbonyl (C=O) groups is 1. The van der Waals surface area contributed by atoms with Crippen LogP contribution in [0.1, 0.15) is 35.7 Å². The van der Waals surface area contributed by atoms with Crippen molar-refractivity contribution in [2.24, 2.45) is 10.9 Å². The molecular formula is C14H19N3O3. The number of nitrogens with two attached hydrogens (primary N) is 1. The first-order valence-electron chi connectivity index (χ1n) is 6.60. The standard InChI is InChI=1S/C14H19N3O3/c1-9-8-12(6-7-20-9)16-14(18)11-4-2-10(3-5-11)13(15)17-19/h2-5,9,12,19H,6-8H2,1H3,(H2,15,17)(H,16,18). The van der Waals surface area contributed by atoms with E-state index in [0.29, 0.717) is 17.7 Å². The van der Waals surface area contributed by atoms with Crippen molar-refractivity contribution < 1.29 is 14.7 Å². The highest BCUT2D eigenvalue weighted by molar-refractivity contribution is 5.99. The van der Waals surface area contributed by atoms with Gasteiger partial charge in [0.1, 0.15) is 0 Å². The van der Waals surface area contributed by atoms with Gasteiger partial charge in [0, 0.05) is 23.8 Å². The molecule has 0 radical (unpaired) electrons. The third kappa shape index (κ3) is 3.48. The quantitative estimate of drug-likeness (QED) is 0.333. The monoisotopic (exact) mass is 277 g/mol. The van der Waals surface area contributed by atoms with Gasteiger partial charge < -0.3 is 21.0 Å². The van der Waals surface area contributed by atoms with E-state index in [1.165, 1.54) is 0 Å². The van der Waals surface area contributed by atoms with Crippen molar-refractivity contribution in [3.05, 3.63) is 35.4 Å². The van der Waals surface area contributed by atoms with E-state index in [1.807, 2.05) is 6.92 Å². The Labute approximate surface area is 117 Å². The average Bonchev–Trinajstić information content (AvgIpc) is 2.46. The van der Waals surface area contributed by atoms with Crippen molar-refractivity contribution in [3.8, 4) is 0 Å². The van der Waals surface area contributed by atoms with Gasteiger partial charge in [0.2, 0.25) is 0 Å². The number of benzene rings is 1. The van der Waals surface area contributed by atoms with Gasteiger partial charge in [0.25, 0.3) is 5.91 Å². The molecular weight excluding hydrogens is 258 g/mol. The van der Waals surface area contributed by atoms with Crippen LogP contribution < -0.4 is 11.1 Å². The summed E-state index contributed by atoms with van der Waals surface area (Å²) in [7, 11) is 0. The summed E-state index contributed by atoms with van der Waals surface area (Å²) in [5.74, 6) is -0.0922. The van der Waals surface area contributed by atoms with Crippen molar-refractivity contribution in [1.82, 2.24) is 5.32 Å². The molecule has 1 saturated heterocycles. The maximum Gasteiger partial charge on any atom is 0.251 e. The summed E-state index contributed by atoms with van der Waals surface area (Å²) in [5.41, 5.74) is 6.60. The van der Waals surface area contributed by atoms with E-state index in [1.54, 1.807) is 24.3 Å². The lowest BCUT2D eigenvalue weighted by Gasteiger charge is -2.27. The van der Waals surface area contributed by atoms with Crippen LogP contribution in [0, 0.1) is 0 Å². The van der Waals surface area contributed by atoms with Gasteiger partial charge in [0.15, 0.2) is 5.84 Å². The highest BCUT2D eigenvalue weighted by Gasteiger charge is 2.21. The molecule has 2 atom stereocenters. The van der Waals surface area contributed by atoms with E-state index in [0.717, 1.165) is 12.8 Å². The second-order valence-electron chi connectivity index (χ2n) is 4.94. The summed E-state index contributed by atoms with van der Waals surface area (Å²) in [4.78, 5) is 12.1. The van der Waals surface area contributed by atoms with Gasteiger partial charge in [-0.3, -0.25) is 4.79 Å². The molecule has 1 aliphatic rings. The first kappa shape index (κ1) is 14.3. The van der Waals surface area contributed by atoms with E-state index >= 15 is 0 Å². The molecule has 0 aromatic heterocycles. The number of nitrogens with one attached hydrogen (secondary N) is 1. The minimum Gasteiger partial charge on any atom is -0.409 e. The van der Waals surface area contributed by atoms with Crippen LogP contribution in [0.3, 0.4) is 0 Å². The zero-order valence-corrected chi connectivity index (χ0v) is 11.4. The fourth-order valence-corrected chi connectivity index (χ4v) is 2.25. The molecule has 0 aliphatic carbocycles. The number of amides is 1. The van der Waals surface area contributed by atoms with Gasteiger partial charge in [-0.25, -0.2) is 0 Å². The predicted octanol–water partition coefficient (Wildman–Crippen LogP) is 1.08. The van der Waals surface area contributed by atoms with Crippen LogP contribution in [0.2, 0.25) is 0 Å². The summed E-state index contributed by atoms with van der Waals surface area (Å²) < 4.78 is 5.45. The van der Waals surface area contributed by atoms with Crippen molar-refractivity contribution in [1.29, 1.82) is 0 Å². The van der Waals surface area contributed by atoms with Crippen LogP contribution in [0.4, 0.5) is 0 Å². The van der Waals surface area contributed by atoms with Gasteiger partial charge in [-0.15, -0.1) is 0 Å². The van der Waals surface area contributed by atoms with Crippen molar-refractivity contribution in [2.75, 3.05) is 6.61 Å². The average molecular weight is 277 g/mol. The Hall–Kier alpha value is -2.08. The van der Waals surface area contributed by atoms with E-state index in [4.69, 9.17) is 15.7 Å². The molecule has 1 fully saturated rings. The van der Waals surface area contributed by atoms with Gasteiger partial charge >= 0.3 is 0 Å². The number of rotatable bonds is 3. The highest BCUT2D eigenvalue weighted by Crippen LogP contribution is 2.14. The lowest BCUT2D eigenvalue weighted by Crippen LogP contribution is -2.41. The SMILES string of the molecule is CC1CC(NC(=O)c2ccc(/C(N)=N/O)cc2)CCO1. The van der Waals surface area contributed by atoms with E-state index in [-0.39, 0.29) is 23.9 Å². The summed E-state index contributed by atoms with van der Waals surface area (Å²) in [6.07, 6.45) is 1.84. The molecule has 108 valence electrons. The van der Waals surface area contributed by atoms with Crippen molar-refractivity contribution >= 4 is 11.7 Å². The molecule has 2 unspecified atom stereocenters. The first-order valence-corrected chi connectivity index (χ1v) is 6.60. The molecule has 6 heteroatoms. The molecule has 20 heavy (non-hydrogen) atoms. The molecule has 1 heterocycles. The van der Waals surface area contributed by atoms with E-state index in [9.17, 15) is 4.79 Å². The van der Waals surface area contributed by atoms with Gasteiger partial charge in [-0.1, -0.05) is 17.3 Å². The minimum absolute atomic E-state index is 0.0233. The fourth-order valence-electron chi connectivity index (χ4n) is 2.25. The van der Waals surface area contributed by atoms with E-state index in [2.05, 4.69) is 10.5 Å². The molecule has 2 rings (SSSR count). The van der Waals surface area contributed by atoms with Crippen molar-refractivity contribution in [3.63, 3.8) is 0 Å². The molecule has 1 aromatic rings. The number of oxime groups is 1. The fraction of sp³-hybridized carbons (Fsp3) is 0.429. The zero-order valence-electron chi connectivity index (χ0n) is 11.4. The predicted molar refractivity (Wildman–Crippen MR) is 74.9 cm³/mol. The third-order valence-electron chi connectivity index (χ3n) is 3.37. The summed E-state index contributed by atoms with van der Waals surface area (Å²) in [6.45, 7) is 2.68. The Morgan fingerprint density at radius 3 is 2.65 bits per heavy atom. The zero-order chi connectivity index (χ0) is 14.5. The maximum atomic E-state index is 12.1. The van der Waals surface area contributed by atoms with Gasteiger partial charge in [-0.2, -0.15) is 0 Å². The Morgan fingerprint density at radius 2 is 2.05 bits per heavy atom. The van der Waals surface area contributed by atoms with Gasteiger partial charge in [-0.05, 0) is 31.9 Å². The Bertz CT molecular complexity index is 499. The topological polar surface area (TPSA) is 96.9 Å². The first-order chi connectivity index (χ1) is 9.60. The molecule has 6 nitrogen and oxygen atoms in total. The van der Waals surface area contributed by atoms with Crippen LogP contribution in [0.15, 0.2) is 29.4 Å². The number of nitrogens with zero attached hydrogens (tertiary/aromatic N) is 1. The van der Waals surface area contributed by atoms with Crippen LogP contribution in [0.5, 0.6) is 0 Å². The highest BCUT2D eigenvalue weighted by atomic mass is 16.5. The number of carbonyl (C=O) groups excluding carboxylic acids is 1. The molecule has 1 amide bonds. The van der Waals surface area contributed by atoms with Crippen LogP contribution in [0.25, 0.3) is 0 Å². The minimum atomic E-state index is -0.116. The largest absolute Gasteiger partial charge is 0.409 e. The van der Waals surface area contributed by atoms with Crippen LogP contribution in [-0.2, 0) is 4.74 Å². The molecule has 0 spiro atoms. The number of hydrogen-bond donors (Lipinski definition) is 3. The van der Waals surface area contributed by atoms with Crippen LogP contribution >= 0.6 is 0 Å². The lowest BCUT2D eigenvalue weighted by molar-refractivity contribution is 0.0136. The molecule has 0 bridgehead atoms. The van der Waals surface area contributed by atoms with Crippen LogP contribution in [-0.4, -0.2) is 35.7 Å². The Kier molecular flexibility index (Phi) is 4.57. The number of hydrogen-bond acceptors (Lipinski definition) is 4. The Balaban J connectivity index is 1.98. The third-order valence-corrected chi connectivity index (χ3v) is 3.37. The maximum absolute atomic E-state index is 12.1. The molecule has 1 aliphatic heterocycles. The second kappa shape index (κ2) is 6.38. The number of amidine groups is 1. The normalized spacial score (nSPS) is 23.4. The lowest BCUT2D eigenvalue weighted by atomic mass is 10.0. The second-order valence-corrected chi connectivity index (χ2v) is 4.94. The van der Waals surface area contributed by atoms with Crippen molar-refractivity contribution in [2.45, 2.75) is 31.9 Å². The smallest absolute Gasteiger partial charge is 0.251 e. The summed E-state index contributed by atoms with van der Waals surface area (Å²) in [5, 5.41) is 14.5. The molecule has 1 aromatic carbocycles.